The Labute approximate surface area is 107 Å². The molecule has 0 aromatic heterocycles. The second-order valence-electron chi connectivity index (χ2n) is 3.78. The summed E-state index contributed by atoms with van der Waals surface area (Å²) >= 11 is 0. The van der Waals surface area contributed by atoms with E-state index in [0.717, 1.165) is 0 Å². The molecule has 3 N–H and O–H groups in total. The Morgan fingerprint density at radius 3 is 2.83 bits per heavy atom. The summed E-state index contributed by atoms with van der Waals surface area (Å²) in [5.74, 6) is 0.596. The van der Waals surface area contributed by atoms with Crippen molar-refractivity contribution in [3.05, 3.63) is 24.3 Å². The summed E-state index contributed by atoms with van der Waals surface area (Å²) in [5.41, 5.74) is 6.06. The number of carbonyl (C=O) groups is 1. The van der Waals surface area contributed by atoms with Crippen LogP contribution in [0.1, 0.15) is 12.8 Å². The van der Waals surface area contributed by atoms with Crippen molar-refractivity contribution in [3.63, 3.8) is 0 Å². The van der Waals surface area contributed by atoms with Gasteiger partial charge in [0, 0.05) is 26.7 Å². The van der Waals surface area contributed by atoms with Crippen molar-refractivity contribution in [2.24, 2.45) is 5.73 Å². The lowest BCUT2D eigenvalue weighted by Gasteiger charge is -2.11. The van der Waals surface area contributed by atoms with Gasteiger partial charge in [-0.2, -0.15) is 0 Å². The van der Waals surface area contributed by atoms with Gasteiger partial charge >= 0.3 is 0 Å². The van der Waals surface area contributed by atoms with Gasteiger partial charge in [0.25, 0.3) is 0 Å². The minimum Gasteiger partial charge on any atom is -0.490 e. The number of carbonyl (C=O) groups excluding carboxylic acids is 1. The van der Waals surface area contributed by atoms with Gasteiger partial charge in [0.2, 0.25) is 5.91 Å². The summed E-state index contributed by atoms with van der Waals surface area (Å²) in [6.45, 7) is 1.45. The number of nitrogens with two attached hydrogens (primary N) is 1. The van der Waals surface area contributed by atoms with Crippen molar-refractivity contribution in [2.45, 2.75) is 12.8 Å². The Morgan fingerprint density at radius 1 is 1.33 bits per heavy atom. The highest BCUT2D eigenvalue weighted by atomic mass is 16.5. The maximum atomic E-state index is 11.7. The number of nitrogens with one attached hydrogen (secondary N) is 1. The quantitative estimate of drug-likeness (QED) is 0.686. The number of amides is 1. The van der Waals surface area contributed by atoms with Crippen molar-refractivity contribution < 1.29 is 14.3 Å². The third-order valence-corrected chi connectivity index (χ3v) is 2.29. The van der Waals surface area contributed by atoms with E-state index < -0.39 is 0 Å². The molecule has 0 fully saturated rings. The van der Waals surface area contributed by atoms with Gasteiger partial charge in [0.15, 0.2) is 0 Å². The second-order valence-corrected chi connectivity index (χ2v) is 3.78. The van der Waals surface area contributed by atoms with Crippen LogP contribution in [0.15, 0.2) is 24.3 Å². The average Bonchev–Trinajstić information content (AvgIpc) is 2.38. The van der Waals surface area contributed by atoms with Crippen LogP contribution in [0.25, 0.3) is 0 Å². The lowest BCUT2D eigenvalue weighted by atomic mass is 10.2. The number of anilines is 1. The van der Waals surface area contributed by atoms with Crippen LogP contribution in [0.5, 0.6) is 5.75 Å². The summed E-state index contributed by atoms with van der Waals surface area (Å²) < 4.78 is 10.3. The molecule has 0 heterocycles. The lowest BCUT2D eigenvalue weighted by Crippen LogP contribution is -2.15. The normalized spacial score (nSPS) is 10.1. The first-order valence-electron chi connectivity index (χ1n) is 5.98. The van der Waals surface area contributed by atoms with Gasteiger partial charge in [-0.25, -0.2) is 0 Å². The summed E-state index contributed by atoms with van der Waals surface area (Å²) in [4.78, 5) is 11.7. The molecule has 0 saturated heterocycles. The number of methoxy groups -OCH3 is 1. The average molecular weight is 252 g/mol. The van der Waals surface area contributed by atoms with Crippen molar-refractivity contribution in [2.75, 3.05) is 32.2 Å². The summed E-state index contributed by atoms with van der Waals surface area (Å²) in [5, 5.41) is 2.82. The van der Waals surface area contributed by atoms with Gasteiger partial charge in [-0.3, -0.25) is 4.79 Å². The van der Waals surface area contributed by atoms with E-state index in [-0.39, 0.29) is 5.91 Å². The Hall–Kier alpha value is -1.59. The maximum absolute atomic E-state index is 11.7. The predicted molar refractivity (Wildman–Crippen MR) is 70.7 cm³/mol. The van der Waals surface area contributed by atoms with Crippen LogP contribution in [0.3, 0.4) is 0 Å². The molecule has 5 nitrogen and oxygen atoms in total. The molecule has 1 aromatic carbocycles. The van der Waals surface area contributed by atoms with E-state index in [1.807, 2.05) is 12.1 Å². The van der Waals surface area contributed by atoms with E-state index >= 15 is 0 Å². The van der Waals surface area contributed by atoms with Gasteiger partial charge < -0.3 is 20.5 Å². The van der Waals surface area contributed by atoms with E-state index in [0.29, 0.717) is 44.0 Å². The van der Waals surface area contributed by atoms with Crippen LogP contribution in [-0.2, 0) is 9.53 Å². The highest BCUT2D eigenvalue weighted by Crippen LogP contribution is 2.23. The van der Waals surface area contributed by atoms with Crippen LogP contribution in [0.4, 0.5) is 5.69 Å². The Morgan fingerprint density at radius 2 is 2.11 bits per heavy atom. The monoisotopic (exact) mass is 252 g/mol. The van der Waals surface area contributed by atoms with E-state index in [9.17, 15) is 4.79 Å². The fourth-order valence-electron chi connectivity index (χ4n) is 1.45. The first-order chi connectivity index (χ1) is 8.77. The molecule has 1 amide bonds. The van der Waals surface area contributed by atoms with Crippen molar-refractivity contribution in [1.29, 1.82) is 0 Å². The van der Waals surface area contributed by atoms with Crippen LogP contribution < -0.4 is 15.8 Å². The molecule has 0 unspecified atom stereocenters. The molecule has 0 aliphatic carbocycles. The van der Waals surface area contributed by atoms with Crippen LogP contribution in [0, 0.1) is 0 Å². The first-order valence-corrected chi connectivity index (χ1v) is 5.98. The topological polar surface area (TPSA) is 73.6 Å². The molecule has 100 valence electrons. The molecule has 0 radical (unpaired) electrons. The fourth-order valence-corrected chi connectivity index (χ4v) is 1.45. The standard InChI is InChI=1S/C13H20N2O3/c1-17-9-4-7-13(16)15-11-5-2-3-6-12(11)18-10-8-14/h2-3,5-6H,4,7-10,14H2,1H3,(H,15,16). The van der Waals surface area contributed by atoms with E-state index in [1.165, 1.54) is 0 Å². The van der Waals surface area contributed by atoms with Crippen LogP contribution in [-0.4, -0.2) is 32.8 Å². The molecule has 5 heteroatoms. The number of para-hydroxylation sites is 2. The number of hydrogen-bond donors (Lipinski definition) is 2. The molecule has 0 atom stereocenters. The number of hydrogen-bond acceptors (Lipinski definition) is 4. The van der Waals surface area contributed by atoms with Crippen LogP contribution in [0.2, 0.25) is 0 Å². The first kappa shape index (κ1) is 14.5. The molecule has 18 heavy (non-hydrogen) atoms. The molecule has 0 spiro atoms. The molecule has 1 aromatic rings. The summed E-state index contributed by atoms with van der Waals surface area (Å²) in [6, 6.07) is 7.31. The van der Waals surface area contributed by atoms with Gasteiger partial charge in [0.05, 0.1) is 5.69 Å². The molecule has 0 aliphatic heterocycles. The summed E-state index contributed by atoms with van der Waals surface area (Å²) in [7, 11) is 1.62. The fraction of sp³-hybridized carbons (Fsp3) is 0.462. The SMILES string of the molecule is COCCCC(=O)Nc1ccccc1OCCN. The molecular formula is C13H20N2O3. The van der Waals surface area contributed by atoms with Crippen molar-refractivity contribution in [3.8, 4) is 5.75 Å². The van der Waals surface area contributed by atoms with E-state index in [4.69, 9.17) is 15.2 Å². The zero-order chi connectivity index (χ0) is 13.2. The zero-order valence-electron chi connectivity index (χ0n) is 10.6. The van der Waals surface area contributed by atoms with Gasteiger partial charge in [-0.05, 0) is 18.6 Å². The molecule has 1 rings (SSSR count). The Bertz CT molecular complexity index is 369. The smallest absolute Gasteiger partial charge is 0.224 e. The van der Waals surface area contributed by atoms with Crippen molar-refractivity contribution >= 4 is 11.6 Å². The van der Waals surface area contributed by atoms with Crippen LogP contribution >= 0.6 is 0 Å². The highest BCUT2D eigenvalue weighted by molar-refractivity contribution is 5.92. The van der Waals surface area contributed by atoms with E-state index in [2.05, 4.69) is 5.32 Å². The van der Waals surface area contributed by atoms with Gasteiger partial charge in [-0.15, -0.1) is 0 Å². The minimum absolute atomic E-state index is 0.0455. The second kappa shape index (κ2) is 8.49. The largest absolute Gasteiger partial charge is 0.490 e. The predicted octanol–water partition coefficient (Wildman–Crippen LogP) is 1.39. The summed E-state index contributed by atoms with van der Waals surface area (Å²) in [6.07, 6.45) is 1.13. The molecule has 0 bridgehead atoms. The van der Waals surface area contributed by atoms with Crippen molar-refractivity contribution in [1.82, 2.24) is 0 Å². The molecule has 0 saturated carbocycles. The Kier molecular flexibility index (Phi) is 6.83. The third kappa shape index (κ3) is 5.16. The zero-order valence-corrected chi connectivity index (χ0v) is 10.6. The van der Waals surface area contributed by atoms with Gasteiger partial charge in [-0.1, -0.05) is 12.1 Å². The highest BCUT2D eigenvalue weighted by Gasteiger charge is 2.06. The number of ether oxygens (including phenoxy) is 2. The molecular weight excluding hydrogens is 232 g/mol. The van der Waals surface area contributed by atoms with E-state index in [1.54, 1.807) is 19.2 Å². The lowest BCUT2D eigenvalue weighted by molar-refractivity contribution is -0.116. The minimum atomic E-state index is -0.0455. The number of benzene rings is 1. The maximum Gasteiger partial charge on any atom is 0.224 e. The van der Waals surface area contributed by atoms with Gasteiger partial charge in [0.1, 0.15) is 12.4 Å². The third-order valence-electron chi connectivity index (χ3n) is 2.29. The number of rotatable bonds is 8. The Balaban J connectivity index is 2.51. The molecule has 0 aliphatic rings.